The average Bonchev–Trinajstić information content (AvgIpc) is 2.89. The molecule has 0 amide bonds. The van der Waals surface area contributed by atoms with Gasteiger partial charge in [0.2, 0.25) is 0 Å². The van der Waals surface area contributed by atoms with Crippen LogP contribution in [0.4, 0.5) is 0 Å². The van der Waals surface area contributed by atoms with Gasteiger partial charge in [-0.05, 0) is 56.1 Å². The highest BCUT2D eigenvalue weighted by Crippen LogP contribution is 2.41. The standard InChI is InChI=1S/C16H32N2/c1-3-15(4-2)9-11-18(12-10-15)14-16(13-17)7-5-6-8-16/h3-14,17H2,1-2H3. The largest absolute Gasteiger partial charge is 0.330 e. The lowest BCUT2D eigenvalue weighted by Crippen LogP contribution is -2.46. The molecule has 1 saturated heterocycles. The van der Waals surface area contributed by atoms with Crippen molar-refractivity contribution < 1.29 is 0 Å². The van der Waals surface area contributed by atoms with Crippen molar-refractivity contribution in [1.82, 2.24) is 4.90 Å². The van der Waals surface area contributed by atoms with Gasteiger partial charge in [0, 0.05) is 6.54 Å². The molecule has 0 aromatic heterocycles. The zero-order valence-corrected chi connectivity index (χ0v) is 12.5. The van der Waals surface area contributed by atoms with Crippen molar-refractivity contribution in [2.45, 2.75) is 65.2 Å². The molecule has 2 rings (SSSR count). The molecular formula is C16H32N2. The maximum absolute atomic E-state index is 6.06. The van der Waals surface area contributed by atoms with Gasteiger partial charge >= 0.3 is 0 Å². The molecule has 2 nitrogen and oxygen atoms in total. The van der Waals surface area contributed by atoms with E-state index in [4.69, 9.17) is 5.73 Å². The molecule has 2 aliphatic rings. The summed E-state index contributed by atoms with van der Waals surface area (Å²) in [5.41, 5.74) is 7.19. The summed E-state index contributed by atoms with van der Waals surface area (Å²) in [6.45, 7) is 9.53. The Labute approximate surface area is 113 Å². The van der Waals surface area contributed by atoms with Gasteiger partial charge in [0.25, 0.3) is 0 Å². The molecule has 0 atom stereocenters. The molecular weight excluding hydrogens is 220 g/mol. The number of hydrogen-bond donors (Lipinski definition) is 1. The van der Waals surface area contributed by atoms with Gasteiger partial charge in [-0.3, -0.25) is 0 Å². The Hall–Kier alpha value is -0.0800. The molecule has 0 spiro atoms. The van der Waals surface area contributed by atoms with E-state index in [-0.39, 0.29) is 0 Å². The molecule has 0 radical (unpaired) electrons. The highest BCUT2D eigenvalue weighted by Gasteiger charge is 2.37. The summed E-state index contributed by atoms with van der Waals surface area (Å²) in [4.78, 5) is 2.71. The molecule has 0 unspecified atom stereocenters. The van der Waals surface area contributed by atoms with Gasteiger partial charge < -0.3 is 10.6 Å². The normalized spacial score (nSPS) is 27.5. The summed E-state index contributed by atoms with van der Waals surface area (Å²) in [6, 6.07) is 0. The van der Waals surface area contributed by atoms with Gasteiger partial charge in [-0.1, -0.05) is 39.5 Å². The highest BCUT2D eigenvalue weighted by atomic mass is 15.1. The van der Waals surface area contributed by atoms with Crippen molar-refractivity contribution in [2.75, 3.05) is 26.2 Å². The van der Waals surface area contributed by atoms with Gasteiger partial charge in [-0.2, -0.15) is 0 Å². The summed E-state index contributed by atoms with van der Waals surface area (Å²) < 4.78 is 0. The first kappa shape index (κ1) is 14.3. The van der Waals surface area contributed by atoms with Crippen molar-refractivity contribution >= 4 is 0 Å². The fraction of sp³-hybridized carbons (Fsp3) is 1.00. The number of hydrogen-bond acceptors (Lipinski definition) is 2. The molecule has 1 heterocycles. The number of nitrogens with zero attached hydrogens (tertiary/aromatic N) is 1. The number of piperidine rings is 1. The monoisotopic (exact) mass is 252 g/mol. The first-order chi connectivity index (χ1) is 8.67. The van der Waals surface area contributed by atoms with E-state index in [1.165, 1.54) is 71.0 Å². The van der Waals surface area contributed by atoms with E-state index in [1.807, 2.05) is 0 Å². The summed E-state index contributed by atoms with van der Waals surface area (Å²) in [5.74, 6) is 0. The van der Waals surface area contributed by atoms with Crippen LogP contribution < -0.4 is 5.73 Å². The second kappa shape index (κ2) is 5.92. The number of nitrogens with two attached hydrogens (primary N) is 1. The molecule has 2 heteroatoms. The van der Waals surface area contributed by atoms with E-state index in [0.717, 1.165) is 6.54 Å². The Kier molecular flexibility index (Phi) is 4.71. The lowest BCUT2D eigenvalue weighted by molar-refractivity contribution is 0.0633. The van der Waals surface area contributed by atoms with Crippen LogP contribution >= 0.6 is 0 Å². The molecule has 1 aliphatic carbocycles. The van der Waals surface area contributed by atoms with Crippen LogP contribution in [-0.4, -0.2) is 31.1 Å². The molecule has 106 valence electrons. The van der Waals surface area contributed by atoms with E-state index in [1.54, 1.807) is 0 Å². The molecule has 0 aromatic carbocycles. The van der Waals surface area contributed by atoms with Crippen LogP contribution in [0.1, 0.15) is 65.2 Å². The minimum atomic E-state index is 0.471. The van der Waals surface area contributed by atoms with Gasteiger partial charge in [0.1, 0.15) is 0 Å². The number of rotatable bonds is 5. The third-order valence-corrected chi connectivity index (χ3v) is 6.07. The van der Waals surface area contributed by atoms with Gasteiger partial charge in [-0.25, -0.2) is 0 Å². The van der Waals surface area contributed by atoms with Crippen LogP contribution in [0, 0.1) is 10.8 Å². The van der Waals surface area contributed by atoms with Crippen molar-refractivity contribution in [3.05, 3.63) is 0 Å². The van der Waals surface area contributed by atoms with Crippen molar-refractivity contribution in [1.29, 1.82) is 0 Å². The molecule has 1 saturated carbocycles. The SMILES string of the molecule is CCC1(CC)CCN(CC2(CN)CCCC2)CC1. The van der Waals surface area contributed by atoms with Crippen molar-refractivity contribution in [3.63, 3.8) is 0 Å². The second-order valence-corrected chi connectivity index (χ2v) is 6.89. The van der Waals surface area contributed by atoms with E-state index in [9.17, 15) is 0 Å². The Morgan fingerprint density at radius 3 is 1.89 bits per heavy atom. The average molecular weight is 252 g/mol. The van der Waals surface area contributed by atoms with Gasteiger partial charge in [-0.15, -0.1) is 0 Å². The number of likely N-dealkylation sites (tertiary alicyclic amines) is 1. The quantitative estimate of drug-likeness (QED) is 0.812. The minimum Gasteiger partial charge on any atom is -0.330 e. The summed E-state index contributed by atoms with van der Waals surface area (Å²) >= 11 is 0. The summed E-state index contributed by atoms with van der Waals surface area (Å²) in [7, 11) is 0. The fourth-order valence-electron chi connectivity index (χ4n) is 4.17. The molecule has 0 bridgehead atoms. The maximum Gasteiger partial charge on any atom is 0.00501 e. The first-order valence-corrected chi connectivity index (χ1v) is 8.10. The molecule has 2 fully saturated rings. The van der Waals surface area contributed by atoms with Gasteiger partial charge in [0.15, 0.2) is 0 Å². The van der Waals surface area contributed by atoms with Crippen molar-refractivity contribution in [3.8, 4) is 0 Å². The van der Waals surface area contributed by atoms with Crippen LogP contribution in [0.2, 0.25) is 0 Å². The maximum atomic E-state index is 6.06. The topological polar surface area (TPSA) is 29.3 Å². The lowest BCUT2D eigenvalue weighted by Gasteiger charge is -2.44. The van der Waals surface area contributed by atoms with Crippen LogP contribution in [0.25, 0.3) is 0 Å². The Bertz CT molecular complexity index is 242. The van der Waals surface area contributed by atoms with Crippen LogP contribution in [0.3, 0.4) is 0 Å². The van der Waals surface area contributed by atoms with E-state index < -0.39 is 0 Å². The predicted molar refractivity (Wildman–Crippen MR) is 78.6 cm³/mol. The highest BCUT2D eigenvalue weighted by molar-refractivity contribution is 4.91. The first-order valence-electron chi connectivity index (χ1n) is 8.10. The fourth-order valence-corrected chi connectivity index (χ4v) is 4.17. The Balaban J connectivity index is 1.86. The molecule has 18 heavy (non-hydrogen) atoms. The van der Waals surface area contributed by atoms with E-state index in [2.05, 4.69) is 18.7 Å². The van der Waals surface area contributed by atoms with E-state index in [0.29, 0.717) is 10.8 Å². The Morgan fingerprint density at radius 2 is 1.44 bits per heavy atom. The molecule has 2 N–H and O–H groups in total. The van der Waals surface area contributed by atoms with Crippen LogP contribution in [0.15, 0.2) is 0 Å². The zero-order valence-electron chi connectivity index (χ0n) is 12.5. The lowest BCUT2D eigenvalue weighted by atomic mass is 9.73. The second-order valence-electron chi connectivity index (χ2n) is 6.89. The summed E-state index contributed by atoms with van der Waals surface area (Å²) in [5, 5.41) is 0. The smallest absolute Gasteiger partial charge is 0.00501 e. The van der Waals surface area contributed by atoms with E-state index >= 15 is 0 Å². The minimum absolute atomic E-state index is 0.471. The summed E-state index contributed by atoms with van der Waals surface area (Å²) in [6.07, 6.45) is 11.1. The Morgan fingerprint density at radius 1 is 0.889 bits per heavy atom. The predicted octanol–water partition coefficient (Wildman–Crippen LogP) is 3.41. The third-order valence-electron chi connectivity index (χ3n) is 6.07. The van der Waals surface area contributed by atoms with Crippen LogP contribution in [-0.2, 0) is 0 Å². The zero-order chi connectivity index (χ0) is 13.1. The molecule has 0 aromatic rings. The van der Waals surface area contributed by atoms with Crippen molar-refractivity contribution in [2.24, 2.45) is 16.6 Å². The molecule has 1 aliphatic heterocycles. The van der Waals surface area contributed by atoms with Gasteiger partial charge in [0.05, 0.1) is 0 Å². The third kappa shape index (κ3) is 2.91. The van der Waals surface area contributed by atoms with Crippen LogP contribution in [0.5, 0.6) is 0 Å².